The highest BCUT2D eigenvalue weighted by atomic mass is 79.9. The molecule has 0 bridgehead atoms. The SMILES string of the molecule is Cc1cc2c(cc1Br)CC(F)(F)CC2. The van der Waals surface area contributed by atoms with Crippen LogP contribution in [-0.4, -0.2) is 5.92 Å². The zero-order valence-corrected chi connectivity index (χ0v) is 9.50. The average Bonchev–Trinajstić information content (AvgIpc) is 2.07. The van der Waals surface area contributed by atoms with Crippen LogP contribution in [0, 0.1) is 6.92 Å². The van der Waals surface area contributed by atoms with E-state index in [0.717, 1.165) is 21.2 Å². The lowest BCUT2D eigenvalue weighted by atomic mass is 9.88. The van der Waals surface area contributed by atoms with Crippen molar-refractivity contribution in [2.24, 2.45) is 0 Å². The second-order valence-electron chi connectivity index (χ2n) is 3.90. The summed E-state index contributed by atoms with van der Waals surface area (Å²) in [4.78, 5) is 0. The molecule has 0 unspecified atom stereocenters. The van der Waals surface area contributed by atoms with Crippen molar-refractivity contribution in [3.05, 3.63) is 33.3 Å². The normalized spacial score (nSPS) is 19.1. The van der Waals surface area contributed by atoms with E-state index in [1.165, 1.54) is 0 Å². The Morgan fingerprint density at radius 1 is 1.29 bits per heavy atom. The third kappa shape index (κ3) is 1.83. The van der Waals surface area contributed by atoms with Gasteiger partial charge in [0.1, 0.15) is 0 Å². The highest BCUT2D eigenvalue weighted by molar-refractivity contribution is 9.10. The maximum Gasteiger partial charge on any atom is 0.252 e. The monoisotopic (exact) mass is 260 g/mol. The van der Waals surface area contributed by atoms with E-state index in [4.69, 9.17) is 0 Å². The van der Waals surface area contributed by atoms with Gasteiger partial charge in [-0.05, 0) is 36.1 Å². The summed E-state index contributed by atoms with van der Waals surface area (Å²) in [5, 5.41) is 0. The molecular weight excluding hydrogens is 250 g/mol. The summed E-state index contributed by atoms with van der Waals surface area (Å²) in [6.45, 7) is 1.98. The van der Waals surface area contributed by atoms with E-state index in [0.29, 0.717) is 6.42 Å². The number of aryl methyl sites for hydroxylation is 2. The van der Waals surface area contributed by atoms with Crippen LogP contribution in [0.5, 0.6) is 0 Å². The zero-order valence-electron chi connectivity index (χ0n) is 7.91. The van der Waals surface area contributed by atoms with E-state index in [-0.39, 0.29) is 12.8 Å². The molecule has 0 N–H and O–H groups in total. The summed E-state index contributed by atoms with van der Waals surface area (Å²) in [5.41, 5.74) is 2.99. The predicted molar refractivity (Wildman–Crippen MR) is 55.9 cm³/mol. The number of alkyl halides is 2. The molecule has 1 aliphatic rings. The van der Waals surface area contributed by atoms with Crippen molar-refractivity contribution in [2.45, 2.75) is 32.1 Å². The first-order valence-electron chi connectivity index (χ1n) is 4.64. The minimum Gasteiger partial charge on any atom is -0.207 e. The van der Waals surface area contributed by atoms with Gasteiger partial charge in [-0.1, -0.05) is 22.0 Å². The van der Waals surface area contributed by atoms with Crippen LogP contribution in [0.1, 0.15) is 23.1 Å². The summed E-state index contributed by atoms with van der Waals surface area (Å²) >= 11 is 3.37. The lowest BCUT2D eigenvalue weighted by Gasteiger charge is -2.24. The van der Waals surface area contributed by atoms with Gasteiger partial charge in [-0.15, -0.1) is 0 Å². The van der Waals surface area contributed by atoms with E-state index in [9.17, 15) is 8.78 Å². The molecule has 14 heavy (non-hydrogen) atoms. The Balaban J connectivity index is 2.43. The molecule has 0 saturated carbocycles. The Morgan fingerprint density at radius 2 is 2.00 bits per heavy atom. The fourth-order valence-electron chi connectivity index (χ4n) is 1.86. The molecule has 76 valence electrons. The largest absolute Gasteiger partial charge is 0.252 e. The first-order chi connectivity index (χ1) is 6.48. The number of benzene rings is 1. The Labute approximate surface area is 90.4 Å². The molecule has 3 heteroatoms. The summed E-state index contributed by atoms with van der Waals surface area (Å²) in [5.74, 6) is -2.51. The van der Waals surface area contributed by atoms with Crippen LogP contribution in [-0.2, 0) is 12.8 Å². The van der Waals surface area contributed by atoms with Gasteiger partial charge in [-0.3, -0.25) is 0 Å². The standard InChI is InChI=1S/C11H11BrF2/c1-7-4-8-2-3-11(13,14)6-9(8)5-10(7)12/h4-5H,2-3,6H2,1H3. The molecule has 0 fully saturated rings. The molecule has 0 aliphatic heterocycles. The smallest absolute Gasteiger partial charge is 0.207 e. The van der Waals surface area contributed by atoms with Gasteiger partial charge in [-0.25, -0.2) is 8.78 Å². The maximum absolute atomic E-state index is 13.1. The first kappa shape index (κ1) is 10.1. The molecule has 1 aliphatic carbocycles. The minimum atomic E-state index is -2.51. The van der Waals surface area contributed by atoms with Crippen molar-refractivity contribution in [3.8, 4) is 0 Å². The van der Waals surface area contributed by atoms with Crippen molar-refractivity contribution < 1.29 is 8.78 Å². The molecule has 0 saturated heterocycles. The second kappa shape index (κ2) is 3.30. The minimum absolute atomic E-state index is 0.0128. The number of hydrogen-bond donors (Lipinski definition) is 0. The van der Waals surface area contributed by atoms with Crippen molar-refractivity contribution in [1.82, 2.24) is 0 Å². The van der Waals surface area contributed by atoms with Crippen molar-refractivity contribution in [3.63, 3.8) is 0 Å². The Morgan fingerprint density at radius 3 is 2.71 bits per heavy atom. The topological polar surface area (TPSA) is 0 Å². The fourth-order valence-corrected chi connectivity index (χ4v) is 2.26. The summed E-state index contributed by atoms with van der Waals surface area (Å²) < 4.78 is 27.1. The molecule has 0 radical (unpaired) electrons. The molecule has 0 nitrogen and oxygen atoms in total. The van der Waals surface area contributed by atoms with Gasteiger partial charge >= 0.3 is 0 Å². The van der Waals surface area contributed by atoms with Crippen molar-refractivity contribution >= 4 is 15.9 Å². The van der Waals surface area contributed by atoms with Crippen LogP contribution in [0.15, 0.2) is 16.6 Å². The second-order valence-corrected chi connectivity index (χ2v) is 4.76. The van der Waals surface area contributed by atoms with Gasteiger partial charge in [0.15, 0.2) is 0 Å². The molecular formula is C11H11BrF2. The average molecular weight is 261 g/mol. The predicted octanol–water partition coefficient (Wildman–Crippen LogP) is 3.88. The van der Waals surface area contributed by atoms with Gasteiger partial charge in [0.2, 0.25) is 0 Å². The molecule has 0 heterocycles. The maximum atomic E-state index is 13.1. The van der Waals surface area contributed by atoms with E-state index in [1.54, 1.807) is 0 Å². The van der Waals surface area contributed by atoms with Gasteiger partial charge in [0.25, 0.3) is 5.92 Å². The van der Waals surface area contributed by atoms with Crippen LogP contribution in [0.25, 0.3) is 0 Å². The third-order valence-electron chi connectivity index (χ3n) is 2.69. The lowest BCUT2D eigenvalue weighted by Crippen LogP contribution is -2.25. The summed E-state index contributed by atoms with van der Waals surface area (Å²) in [7, 11) is 0. The Bertz CT molecular complexity index is 372. The highest BCUT2D eigenvalue weighted by Gasteiger charge is 2.33. The van der Waals surface area contributed by atoms with E-state index in [2.05, 4.69) is 15.9 Å². The van der Waals surface area contributed by atoms with Crippen LogP contribution in [0.3, 0.4) is 0 Å². The van der Waals surface area contributed by atoms with Gasteiger partial charge in [0.05, 0.1) is 0 Å². The third-order valence-corrected chi connectivity index (χ3v) is 3.54. The van der Waals surface area contributed by atoms with E-state index < -0.39 is 5.92 Å². The number of fused-ring (bicyclic) bond motifs is 1. The van der Waals surface area contributed by atoms with E-state index in [1.807, 2.05) is 19.1 Å². The molecule has 2 rings (SSSR count). The molecule has 0 aromatic heterocycles. The van der Waals surface area contributed by atoms with Crippen molar-refractivity contribution in [1.29, 1.82) is 0 Å². The first-order valence-corrected chi connectivity index (χ1v) is 5.43. The fraction of sp³-hybridized carbons (Fsp3) is 0.455. The quantitative estimate of drug-likeness (QED) is 0.664. The molecule has 0 amide bonds. The molecule has 1 aromatic carbocycles. The lowest BCUT2D eigenvalue weighted by molar-refractivity contribution is -0.0122. The zero-order chi connectivity index (χ0) is 10.3. The summed E-state index contributed by atoms with van der Waals surface area (Å²) in [6.07, 6.45) is 0.374. The Kier molecular flexibility index (Phi) is 2.38. The number of halogens is 3. The number of rotatable bonds is 0. The highest BCUT2D eigenvalue weighted by Crippen LogP contribution is 2.35. The van der Waals surface area contributed by atoms with Gasteiger partial charge in [0, 0.05) is 17.3 Å². The van der Waals surface area contributed by atoms with Gasteiger partial charge in [-0.2, -0.15) is 0 Å². The van der Waals surface area contributed by atoms with Crippen LogP contribution < -0.4 is 0 Å². The van der Waals surface area contributed by atoms with Crippen molar-refractivity contribution in [2.75, 3.05) is 0 Å². The van der Waals surface area contributed by atoms with Gasteiger partial charge < -0.3 is 0 Å². The molecule has 0 spiro atoms. The van der Waals surface area contributed by atoms with E-state index >= 15 is 0 Å². The molecule has 1 aromatic rings. The summed E-state index contributed by atoms with van der Waals surface area (Å²) in [6, 6.07) is 3.84. The molecule has 0 atom stereocenters. The number of hydrogen-bond acceptors (Lipinski definition) is 0. The Hall–Kier alpha value is -0.440. The van der Waals surface area contributed by atoms with Crippen LogP contribution in [0.2, 0.25) is 0 Å². The van der Waals surface area contributed by atoms with Crippen LogP contribution in [0.4, 0.5) is 8.78 Å². The van der Waals surface area contributed by atoms with Crippen LogP contribution >= 0.6 is 15.9 Å².